The second-order valence-corrected chi connectivity index (χ2v) is 8.03. The highest BCUT2D eigenvalue weighted by atomic mass is 32.1. The fraction of sp³-hybridized carbons (Fsp3) is 0.350. The lowest BCUT2D eigenvalue weighted by Gasteiger charge is -2.30. The van der Waals surface area contributed by atoms with Gasteiger partial charge in [0, 0.05) is 36.6 Å². The number of aromatic nitrogens is 2. The number of aryl methyl sites for hydroxylation is 2. The van der Waals surface area contributed by atoms with Crippen LogP contribution in [0.15, 0.2) is 30.6 Å². The minimum atomic E-state index is -0.771. The number of thiophene rings is 1. The molecule has 0 spiro atoms. The zero-order valence-electron chi connectivity index (χ0n) is 15.3. The highest BCUT2D eigenvalue weighted by molar-refractivity contribution is 7.21. The third kappa shape index (κ3) is 3.12. The summed E-state index contributed by atoms with van der Waals surface area (Å²) in [5.74, 6) is -1.16. The van der Waals surface area contributed by atoms with Gasteiger partial charge in [0.2, 0.25) is 0 Å². The van der Waals surface area contributed by atoms with Gasteiger partial charge in [0.1, 0.15) is 9.71 Å². The van der Waals surface area contributed by atoms with Crippen molar-refractivity contribution >= 4 is 33.4 Å². The van der Waals surface area contributed by atoms with Crippen LogP contribution in [0.4, 0.5) is 0 Å². The molecule has 0 unspecified atom stereocenters. The van der Waals surface area contributed by atoms with E-state index in [1.165, 1.54) is 11.3 Å². The van der Waals surface area contributed by atoms with E-state index in [9.17, 15) is 14.7 Å². The average molecular weight is 383 g/mol. The van der Waals surface area contributed by atoms with Gasteiger partial charge >= 0.3 is 5.97 Å². The van der Waals surface area contributed by atoms with Crippen molar-refractivity contribution in [2.24, 2.45) is 5.92 Å². The Morgan fingerprint density at radius 1 is 1.19 bits per heavy atom. The van der Waals surface area contributed by atoms with Crippen molar-refractivity contribution in [1.82, 2.24) is 14.5 Å². The van der Waals surface area contributed by atoms with E-state index < -0.39 is 5.97 Å². The fourth-order valence-corrected chi connectivity index (χ4v) is 5.03. The van der Waals surface area contributed by atoms with Crippen molar-refractivity contribution in [1.29, 1.82) is 0 Å². The van der Waals surface area contributed by atoms with Crippen LogP contribution in [0.3, 0.4) is 0 Å². The first-order chi connectivity index (χ1) is 13.0. The first-order valence-corrected chi connectivity index (χ1v) is 9.83. The van der Waals surface area contributed by atoms with Crippen molar-refractivity contribution in [3.63, 3.8) is 0 Å². The van der Waals surface area contributed by atoms with Crippen LogP contribution in [0, 0.1) is 19.8 Å². The molecule has 4 heterocycles. The zero-order chi connectivity index (χ0) is 19.1. The lowest BCUT2D eigenvalue weighted by Crippen LogP contribution is -2.40. The first kappa shape index (κ1) is 17.7. The van der Waals surface area contributed by atoms with Gasteiger partial charge < -0.3 is 14.6 Å². The second-order valence-electron chi connectivity index (χ2n) is 7.04. The van der Waals surface area contributed by atoms with Gasteiger partial charge in [-0.05, 0) is 50.5 Å². The highest BCUT2D eigenvalue weighted by Gasteiger charge is 2.30. The van der Waals surface area contributed by atoms with Crippen molar-refractivity contribution in [2.75, 3.05) is 13.1 Å². The standard InChI is InChI=1S/C20H21N3O3S/c1-12-11-13(2)21-18-15(12)16(22-7-3-4-8-22)17(27-18)19(24)23-9-5-14(6-10-23)20(25)26/h3-4,7-8,11,14H,5-6,9-10H2,1-2H3,(H,25,26). The number of fused-ring (bicyclic) bond motifs is 1. The maximum absolute atomic E-state index is 13.3. The van der Waals surface area contributed by atoms with Gasteiger partial charge in [-0.1, -0.05) is 0 Å². The number of amides is 1. The molecule has 1 N–H and O–H groups in total. The fourth-order valence-electron chi connectivity index (χ4n) is 3.77. The number of nitrogens with zero attached hydrogens (tertiary/aromatic N) is 3. The van der Waals surface area contributed by atoms with E-state index in [2.05, 4.69) is 4.98 Å². The second kappa shape index (κ2) is 6.81. The van der Waals surface area contributed by atoms with Gasteiger partial charge in [0.05, 0.1) is 11.6 Å². The molecule has 3 aromatic rings. The number of carboxylic acid groups (broad SMARTS) is 1. The summed E-state index contributed by atoms with van der Waals surface area (Å²) in [7, 11) is 0. The van der Waals surface area contributed by atoms with Crippen LogP contribution in [0.25, 0.3) is 15.9 Å². The Bertz CT molecular complexity index is 1010. The summed E-state index contributed by atoms with van der Waals surface area (Å²) in [4.78, 5) is 32.4. The molecule has 0 aliphatic carbocycles. The number of hydrogen-bond donors (Lipinski definition) is 1. The number of carboxylic acids is 1. The summed E-state index contributed by atoms with van der Waals surface area (Å²) in [6.45, 7) is 4.95. The normalized spacial score (nSPS) is 15.4. The molecular weight excluding hydrogens is 362 g/mol. The molecule has 140 valence electrons. The Morgan fingerprint density at radius 2 is 1.85 bits per heavy atom. The predicted molar refractivity (Wildman–Crippen MR) is 105 cm³/mol. The Labute approximate surface area is 161 Å². The van der Waals surface area contributed by atoms with Crippen LogP contribution < -0.4 is 0 Å². The van der Waals surface area contributed by atoms with E-state index in [4.69, 9.17) is 0 Å². The summed E-state index contributed by atoms with van der Waals surface area (Å²) in [6, 6.07) is 5.91. The van der Waals surface area contributed by atoms with Crippen LogP contribution in [0.1, 0.15) is 33.8 Å². The highest BCUT2D eigenvalue weighted by Crippen LogP contribution is 2.37. The van der Waals surface area contributed by atoms with Gasteiger partial charge in [0.15, 0.2) is 0 Å². The monoisotopic (exact) mass is 383 g/mol. The largest absolute Gasteiger partial charge is 0.481 e. The van der Waals surface area contributed by atoms with E-state index in [-0.39, 0.29) is 11.8 Å². The number of hydrogen-bond acceptors (Lipinski definition) is 4. The number of aliphatic carboxylic acids is 1. The quantitative estimate of drug-likeness (QED) is 0.749. The van der Waals surface area contributed by atoms with Gasteiger partial charge in [-0.25, -0.2) is 4.98 Å². The molecule has 0 saturated carbocycles. The number of piperidine rings is 1. The molecule has 1 saturated heterocycles. The molecule has 0 atom stereocenters. The molecule has 3 aromatic heterocycles. The Morgan fingerprint density at radius 3 is 2.48 bits per heavy atom. The Kier molecular flexibility index (Phi) is 4.47. The first-order valence-electron chi connectivity index (χ1n) is 9.02. The van der Waals surface area contributed by atoms with Gasteiger partial charge in [-0.3, -0.25) is 9.59 Å². The number of likely N-dealkylation sites (tertiary alicyclic amines) is 1. The van der Waals surface area contributed by atoms with Crippen LogP contribution >= 0.6 is 11.3 Å². The number of pyridine rings is 1. The lowest BCUT2D eigenvalue weighted by atomic mass is 9.97. The van der Waals surface area contributed by atoms with Crippen LogP contribution in [0.5, 0.6) is 0 Å². The van der Waals surface area contributed by atoms with Crippen LogP contribution in [-0.2, 0) is 4.79 Å². The van der Waals surface area contributed by atoms with Crippen molar-refractivity contribution in [2.45, 2.75) is 26.7 Å². The molecule has 4 rings (SSSR count). The van der Waals surface area contributed by atoms with Crippen molar-refractivity contribution < 1.29 is 14.7 Å². The molecule has 1 amide bonds. The molecule has 0 bridgehead atoms. The van der Waals surface area contributed by atoms with Crippen LogP contribution in [0.2, 0.25) is 0 Å². The topological polar surface area (TPSA) is 75.4 Å². The summed E-state index contributed by atoms with van der Waals surface area (Å²) in [6.07, 6.45) is 4.88. The summed E-state index contributed by atoms with van der Waals surface area (Å²) < 4.78 is 1.97. The molecule has 6 nitrogen and oxygen atoms in total. The smallest absolute Gasteiger partial charge is 0.306 e. The number of carbonyl (C=O) groups is 2. The molecule has 0 aromatic carbocycles. The Balaban J connectivity index is 1.77. The molecular formula is C20H21N3O3S. The molecule has 27 heavy (non-hydrogen) atoms. The number of carbonyl (C=O) groups excluding carboxylic acids is 1. The third-order valence-corrected chi connectivity index (χ3v) is 6.21. The molecule has 1 fully saturated rings. The minimum absolute atomic E-state index is 0.0393. The summed E-state index contributed by atoms with van der Waals surface area (Å²) >= 11 is 1.42. The van der Waals surface area contributed by atoms with E-state index in [0.717, 1.165) is 27.2 Å². The molecule has 7 heteroatoms. The summed E-state index contributed by atoms with van der Waals surface area (Å²) in [5, 5.41) is 10.2. The maximum Gasteiger partial charge on any atom is 0.306 e. The van der Waals surface area contributed by atoms with Crippen molar-refractivity contribution in [3.05, 3.63) is 46.7 Å². The van der Waals surface area contributed by atoms with E-state index in [1.54, 1.807) is 4.90 Å². The summed E-state index contributed by atoms with van der Waals surface area (Å²) in [5.41, 5.74) is 2.90. The van der Waals surface area contributed by atoms with E-state index in [1.807, 2.05) is 49.0 Å². The number of rotatable bonds is 3. The third-order valence-electron chi connectivity index (χ3n) is 5.15. The van der Waals surface area contributed by atoms with Gasteiger partial charge in [0.25, 0.3) is 5.91 Å². The molecule has 1 aliphatic heterocycles. The lowest BCUT2D eigenvalue weighted by molar-refractivity contribution is -0.143. The zero-order valence-corrected chi connectivity index (χ0v) is 16.1. The SMILES string of the molecule is Cc1cc(C)c2c(-n3cccc3)c(C(=O)N3CCC(C(=O)O)CC3)sc2n1. The minimum Gasteiger partial charge on any atom is -0.481 e. The maximum atomic E-state index is 13.3. The Hall–Kier alpha value is -2.67. The molecule has 0 radical (unpaired) electrons. The van der Waals surface area contributed by atoms with Gasteiger partial charge in [-0.15, -0.1) is 11.3 Å². The van der Waals surface area contributed by atoms with Crippen LogP contribution in [-0.4, -0.2) is 44.5 Å². The van der Waals surface area contributed by atoms with E-state index in [0.29, 0.717) is 30.8 Å². The van der Waals surface area contributed by atoms with Gasteiger partial charge in [-0.2, -0.15) is 0 Å². The predicted octanol–water partition coefficient (Wildman–Crippen LogP) is 3.64. The average Bonchev–Trinajstić information content (AvgIpc) is 3.28. The van der Waals surface area contributed by atoms with Crippen molar-refractivity contribution in [3.8, 4) is 5.69 Å². The van der Waals surface area contributed by atoms with E-state index >= 15 is 0 Å². The molecule has 1 aliphatic rings.